The van der Waals surface area contributed by atoms with Crippen LogP contribution >= 0.6 is 0 Å². The summed E-state index contributed by atoms with van der Waals surface area (Å²) < 4.78 is 34.0. The van der Waals surface area contributed by atoms with E-state index in [9.17, 15) is 18.4 Å². The number of unbranched alkanes of at least 4 members (excludes halogenated alkanes) is 2. The number of carbonyl (C=O) groups is 2. The Labute approximate surface area is 139 Å². The summed E-state index contributed by atoms with van der Waals surface area (Å²) in [6, 6.07) is 4.28. The summed E-state index contributed by atoms with van der Waals surface area (Å²) in [6.45, 7) is -0.939. The van der Waals surface area contributed by atoms with Crippen molar-refractivity contribution in [2.45, 2.75) is 39.2 Å². The molecule has 8 heteroatoms. The Kier molecular flexibility index (Phi) is 8.53. The van der Waals surface area contributed by atoms with Crippen molar-refractivity contribution in [3.8, 4) is 11.5 Å². The lowest BCUT2D eigenvalue weighted by Gasteiger charge is -2.12. The van der Waals surface area contributed by atoms with Gasteiger partial charge in [-0.25, -0.2) is 0 Å². The monoisotopic (exact) mass is 344 g/mol. The fourth-order valence-electron chi connectivity index (χ4n) is 2.02. The van der Waals surface area contributed by atoms with Crippen molar-refractivity contribution in [2.75, 3.05) is 19.0 Å². The van der Waals surface area contributed by atoms with E-state index in [1.165, 1.54) is 26.2 Å². The highest BCUT2D eigenvalue weighted by Gasteiger charge is 2.12. The fourth-order valence-corrected chi connectivity index (χ4v) is 2.02. The van der Waals surface area contributed by atoms with Gasteiger partial charge in [-0.2, -0.15) is 8.78 Å². The molecule has 0 saturated carbocycles. The zero-order valence-corrected chi connectivity index (χ0v) is 13.7. The van der Waals surface area contributed by atoms with Gasteiger partial charge in [0.1, 0.15) is 0 Å². The molecule has 1 aromatic carbocycles. The number of carbonyl (C=O) groups excluding carboxylic acids is 2. The summed E-state index contributed by atoms with van der Waals surface area (Å²) in [5, 5.41) is 5.31. The minimum Gasteiger partial charge on any atom is -0.493 e. The van der Waals surface area contributed by atoms with Crippen molar-refractivity contribution in [3.63, 3.8) is 0 Å². The number of nitrogens with one attached hydrogen (secondary N) is 2. The first kappa shape index (κ1) is 19.7. The topological polar surface area (TPSA) is 76.7 Å². The summed E-state index contributed by atoms with van der Waals surface area (Å²) in [4.78, 5) is 22.5. The predicted octanol–water partition coefficient (Wildman–Crippen LogP) is 2.93. The number of ether oxygens (including phenoxy) is 2. The van der Waals surface area contributed by atoms with Crippen LogP contribution in [0.1, 0.15) is 32.6 Å². The highest BCUT2D eigenvalue weighted by Crippen LogP contribution is 2.31. The molecule has 2 amide bonds. The number of anilines is 1. The normalized spacial score (nSPS) is 10.4. The molecular weight excluding hydrogens is 322 g/mol. The van der Waals surface area contributed by atoms with Crippen LogP contribution in [0, 0.1) is 0 Å². The van der Waals surface area contributed by atoms with E-state index < -0.39 is 6.61 Å². The van der Waals surface area contributed by atoms with Gasteiger partial charge >= 0.3 is 6.61 Å². The molecule has 24 heavy (non-hydrogen) atoms. The van der Waals surface area contributed by atoms with Gasteiger partial charge in [-0.15, -0.1) is 0 Å². The minimum absolute atomic E-state index is 0.0749. The van der Waals surface area contributed by atoms with Gasteiger partial charge in [0.2, 0.25) is 11.8 Å². The van der Waals surface area contributed by atoms with E-state index >= 15 is 0 Å². The zero-order chi connectivity index (χ0) is 17.9. The molecular formula is C16H22F2N2O4. The Bertz CT molecular complexity index is 553. The number of hydrogen-bond donors (Lipinski definition) is 2. The number of hydrogen-bond acceptors (Lipinski definition) is 4. The molecule has 0 aliphatic heterocycles. The number of rotatable bonds is 10. The average Bonchev–Trinajstić information content (AvgIpc) is 2.50. The van der Waals surface area contributed by atoms with Crippen LogP contribution < -0.4 is 20.1 Å². The average molecular weight is 344 g/mol. The molecule has 1 aromatic rings. The van der Waals surface area contributed by atoms with Gasteiger partial charge in [0, 0.05) is 31.6 Å². The van der Waals surface area contributed by atoms with Gasteiger partial charge in [0.05, 0.1) is 7.11 Å². The molecule has 6 nitrogen and oxygen atoms in total. The van der Waals surface area contributed by atoms with E-state index in [1.807, 2.05) is 0 Å². The molecule has 0 saturated heterocycles. The number of halogens is 2. The third-order valence-electron chi connectivity index (χ3n) is 3.12. The van der Waals surface area contributed by atoms with E-state index in [1.54, 1.807) is 6.07 Å². The maximum Gasteiger partial charge on any atom is 0.387 e. The van der Waals surface area contributed by atoms with Crippen molar-refractivity contribution >= 4 is 17.5 Å². The SMILES string of the molecule is COc1ccc(NC(=O)CCCCCNC(C)=O)cc1OC(F)F. The van der Waals surface area contributed by atoms with Crippen LogP contribution in [0.2, 0.25) is 0 Å². The largest absolute Gasteiger partial charge is 0.493 e. The molecule has 134 valence electrons. The lowest BCUT2D eigenvalue weighted by atomic mass is 10.2. The lowest BCUT2D eigenvalue weighted by molar-refractivity contribution is -0.119. The summed E-state index contributed by atoms with van der Waals surface area (Å²) >= 11 is 0. The summed E-state index contributed by atoms with van der Waals surface area (Å²) in [7, 11) is 1.34. The smallest absolute Gasteiger partial charge is 0.387 e. The van der Waals surface area contributed by atoms with Gasteiger partial charge in [-0.1, -0.05) is 6.42 Å². The van der Waals surface area contributed by atoms with Crippen molar-refractivity contribution in [1.82, 2.24) is 5.32 Å². The second-order valence-corrected chi connectivity index (χ2v) is 5.09. The van der Waals surface area contributed by atoms with E-state index in [2.05, 4.69) is 15.4 Å². The van der Waals surface area contributed by atoms with Gasteiger partial charge in [-0.05, 0) is 25.0 Å². The first-order chi connectivity index (χ1) is 11.4. The maximum absolute atomic E-state index is 12.4. The van der Waals surface area contributed by atoms with Crippen molar-refractivity contribution in [2.24, 2.45) is 0 Å². The summed E-state index contributed by atoms with van der Waals surface area (Å²) in [5.74, 6) is -0.274. The Hall–Kier alpha value is -2.38. The van der Waals surface area contributed by atoms with Gasteiger partial charge in [-0.3, -0.25) is 9.59 Å². The van der Waals surface area contributed by atoms with Crippen LogP contribution in [0.15, 0.2) is 18.2 Å². The fraction of sp³-hybridized carbons (Fsp3) is 0.500. The van der Waals surface area contributed by atoms with Crippen LogP contribution in [-0.2, 0) is 9.59 Å². The van der Waals surface area contributed by atoms with Crippen LogP contribution in [0.3, 0.4) is 0 Å². The number of methoxy groups -OCH3 is 1. The Morgan fingerprint density at radius 3 is 2.54 bits per heavy atom. The molecule has 0 radical (unpaired) electrons. The van der Waals surface area contributed by atoms with Gasteiger partial charge in [0.15, 0.2) is 11.5 Å². The van der Waals surface area contributed by atoms with Crippen LogP contribution in [-0.4, -0.2) is 32.1 Å². The number of benzene rings is 1. The molecule has 0 aromatic heterocycles. The molecule has 0 bridgehead atoms. The van der Waals surface area contributed by atoms with E-state index in [4.69, 9.17) is 4.74 Å². The zero-order valence-electron chi connectivity index (χ0n) is 13.7. The van der Waals surface area contributed by atoms with Crippen molar-refractivity contribution in [1.29, 1.82) is 0 Å². The van der Waals surface area contributed by atoms with Crippen LogP contribution in [0.5, 0.6) is 11.5 Å². The molecule has 0 aliphatic rings. The summed E-state index contributed by atoms with van der Waals surface area (Å²) in [5.41, 5.74) is 0.356. The van der Waals surface area contributed by atoms with Crippen LogP contribution in [0.4, 0.5) is 14.5 Å². The minimum atomic E-state index is -2.98. The number of amides is 2. The molecule has 0 heterocycles. The Balaban J connectivity index is 2.42. The lowest BCUT2D eigenvalue weighted by Crippen LogP contribution is -2.20. The number of alkyl halides is 2. The van der Waals surface area contributed by atoms with Gasteiger partial charge < -0.3 is 20.1 Å². The summed E-state index contributed by atoms with van der Waals surface area (Å²) in [6.07, 6.45) is 2.57. The third kappa shape index (κ3) is 7.75. The van der Waals surface area contributed by atoms with Crippen molar-refractivity contribution in [3.05, 3.63) is 18.2 Å². The standard InChI is InChI=1S/C16H22F2N2O4/c1-11(21)19-9-5-3-4-6-15(22)20-12-7-8-13(23-2)14(10-12)24-16(17)18/h7-8,10,16H,3-6,9H2,1-2H3,(H,19,21)(H,20,22). The maximum atomic E-state index is 12.4. The second-order valence-electron chi connectivity index (χ2n) is 5.09. The highest BCUT2D eigenvalue weighted by molar-refractivity contribution is 5.91. The molecule has 1 rings (SSSR count). The molecule has 0 atom stereocenters. The highest BCUT2D eigenvalue weighted by atomic mass is 19.3. The second kappa shape index (κ2) is 10.4. The van der Waals surface area contributed by atoms with Crippen molar-refractivity contribution < 1.29 is 27.8 Å². The molecule has 0 fully saturated rings. The predicted molar refractivity (Wildman–Crippen MR) is 85.4 cm³/mol. The molecule has 0 aliphatic carbocycles. The molecule has 2 N–H and O–H groups in total. The first-order valence-electron chi connectivity index (χ1n) is 7.59. The Morgan fingerprint density at radius 2 is 1.92 bits per heavy atom. The molecule has 0 spiro atoms. The van der Waals surface area contributed by atoms with Crippen LogP contribution in [0.25, 0.3) is 0 Å². The quantitative estimate of drug-likeness (QED) is 0.640. The van der Waals surface area contributed by atoms with E-state index in [0.717, 1.165) is 12.8 Å². The van der Waals surface area contributed by atoms with E-state index in [-0.39, 0.29) is 23.3 Å². The first-order valence-corrected chi connectivity index (χ1v) is 7.59. The third-order valence-corrected chi connectivity index (χ3v) is 3.12. The Morgan fingerprint density at radius 1 is 1.17 bits per heavy atom. The van der Waals surface area contributed by atoms with Gasteiger partial charge in [0.25, 0.3) is 0 Å². The molecule has 0 unspecified atom stereocenters. The van der Waals surface area contributed by atoms with E-state index in [0.29, 0.717) is 25.1 Å².